The molecule has 1 heterocycles. The Bertz CT molecular complexity index is 752. The Hall–Kier alpha value is -2.27. The number of ether oxygens (including phenoxy) is 1. The van der Waals surface area contributed by atoms with Crippen LogP contribution in [0.25, 0.3) is 20.8 Å². The van der Waals surface area contributed by atoms with Crippen molar-refractivity contribution in [2.24, 2.45) is 0 Å². The Morgan fingerprint density at radius 1 is 1.11 bits per heavy atom. The van der Waals surface area contributed by atoms with Crippen molar-refractivity contribution in [2.75, 3.05) is 7.11 Å². The molecule has 0 spiro atoms. The molecule has 3 rings (SSSR count). The van der Waals surface area contributed by atoms with Crippen LogP contribution in [-0.4, -0.2) is 22.3 Å². The van der Waals surface area contributed by atoms with E-state index in [4.69, 9.17) is 4.74 Å². The molecule has 0 atom stereocenters. The van der Waals surface area contributed by atoms with Gasteiger partial charge in [-0.05, 0) is 36.4 Å². The lowest BCUT2D eigenvalue weighted by molar-refractivity contribution is 0.415. The molecule has 2 aromatic carbocycles. The summed E-state index contributed by atoms with van der Waals surface area (Å²) in [5.41, 5.74) is 1.36. The standard InChI is InChI=1S/C14H11NO3S/c1-18-9-3-4-11-13(7-9)19-14(15-11)10-6-8(16)2-5-12(10)17/h2-7,16-17H,1H3. The van der Waals surface area contributed by atoms with Crippen molar-refractivity contribution < 1.29 is 14.9 Å². The highest BCUT2D eigenvalue weighted by atomic mass is 32.1. The fraction of sp³-hybridized carbons (Fsp3) is 0.0714. The zero-order valence-electron chi connectivity index (χ0n) is 10.1. The third-order valence-corrected chi connectivity index (χ3v) is 3.86. The van der Waals surface area contributed by atoms with Gasteiger partial charge < -0.3 is 14.9 Å². The maximum Gasteiger partial charge on any atom is 0.128 e. The van der Waals surface area contributed by atoms with Crippen molar-refractivity contribution in [2.45, 2.75) is 0 Å². The van der Waals surface area contributed by atoms with Crippen molar-refractivity contribution in [3.63, 3.8) is 0 Å². The number of methoxy groups -OCH3 is 1. The summed E-state index contributed by atoms with van der Waals surface area (Å²) in [5, 5.41) is 20.0. The molecule has 5 heteroatoms. The molecule has 4 nitrogen and oxygen atoms in total. The second-order valence-corrected chi connectivity index (χ2v) is 5.08. The van der Waals surface area contributed by atoms with Crippen molar-refractivity contribution in [3.8, 4) is 27.8 Å². The van der Waals surface area contributed by atoms with E-state index in [2.05, 4.69) is 4.98 Å². The number of fused-ring (bicyclic) bond motifs is 1. The van der Waals surface area contributed by atoms with Crippen LogP contribution < -0.4 is 4.74 Å². The Kier molecular flexibility index (Phi) is 2.76. The molecule has 0 aliphatic heterocycles. The van der Waals surface area contributed by atoms with Gasteiger partial charge in [-0.3, -0.25) is 0 Å². The fourth-order valence-corrected chi connectivity index (χ4v) is 2.86. The van der Waals surface area contributed by atoms with Gasteiger partial charge in [-0.25, -0.2) is 4.98 Å². The zero-order valence-corrected chi connectivity index (χ0v) is 10.9. The van der Waals surface area contributed by atoms with E-state index in [1.807, 2.05) is 18.2 Å². The molecule has 0 radical (unpaired) electrons. The molecular formula is C14H11NO3S. The van der Waals surface area contributed by atoms with Gasteiger partial charge in [0.25, 0.3) is 0 Å². The SMILES string of the molecule is COc1ccc2nc(-c3cc(O)ccc3O)sc2c1. The molecule has 19 heavy (non-hydrogen) atoms. The van der Waals surface area contributed by atoms with Crippen LogP contribution in [0.5, 0.6) is 17.2 Å². The van der Waals surface area contributed by atoms with E-state index in [1.54, 1.807) is 7.11 Å². The van der Waals surface area contributed by atoms with Crippen LogP contribution in [0.4, 0.5) is 0 Å². The highest BCUT2D eigenvalue weighted by Gasteiger charge is 2.11. The first kappa shape index (κ1) is 11.8. The van der Waals surface area contributed by atoms with Gasteiger partial charge in [-0.15, -0.1) is 11.3 Å². The summed E-state index contributed by atoms with van der Waals surface area (Å²) in [6.45, 7) is 0. The van der Waals surface area contributed by atoms with Crippen molar-refractivity contribution in [3.05, 3.63) is 36.4 Å². The van der Waals surface area contributed by atoms with Gasteiger partial charge in [-0.2, -0.15) is 0 Å². The molecule has 0 saturated carbocycles. The fourth-order valence-electron chi connectivity index (χ4n) is 1.84. The maximum absolute atomic E-state index is 9.85. The Morgan fingerprint density at radius 3 is 2.74 bits per heavy atom. The molecule has 96 valence electrons. The van der Waals surface area contributed by atoms with E-state index in [0.29, 0.717) is 10.6 Å². The van der Waals surface area contributed by atoms with Crippen LogP contribution in [0.15, 0.2) is 36.4 Å². The first-order valence-corrected chi connectivity index (χ1v) is 6.46. The van der Waals surface area contributed by atoms with Gasteiger partial charge in [0.05, 0.1) is 22.9 Å². The van der Waals surface area contributed by atoms with Crippen LogP contribution >= 0.6 is 11.3 Å². The van der Waals surface area contributed by atoms with Crippen molar-refractivity contribution in [1.82, 2.24) is 4.98 Å². The van der Waals surface area contributed by atoms with Gasteiger partial charge in [0, 0.05) is 0 Å². The first-order valence-electron chi connectivity index (χ1n) is 5.64. The molecule has 3 aromatic rings. The second-order valence-electron chi connectivity index (χ2n) is 4.05. The number of benzene rings is 2. The number of rotatable bonds is 2. The van der Waals surface area contributed by atoms with E-state index in [9.17, 15) is 10.2 Å². The second kappa shape index (κ2) is 4.44. The maximum atomic E-state index is 9.85. The van der Waals surface area contributed by atoms with Crippen LogP contribution in [0.3, 0.4) is 0 Å². The zero-order chi connectivity index (χ0) is 13.4. The minimum absolute atomic E-state index is 0.101. The van der Waals surface area contributed by atoms with Crippen LogP contribution in [0.2, 0.25) is 0 Å². The molecule has 0 fully saturated rings. The number of hydrogen-bond acceptors (Lipinski definition) is 5. The van der Waals surface area contributed by atoms with Crippen molar-refractivity contribution >= 4 is 21.6 Å². The summed E-state index contributed by atoms with van der Waals surface area (Å²) >= 11 is 1.44. The summed E-state index contributed by atoms with van der Waals surface area (Å²) in [6.07, 6.45) is 0. The quantitative estimate of drug-likeness (QED) is 0.703. The van der Waals surface area contributed by atoms with E-state index in [1.165, 1.54) is 29.5 Å². The molecule has 0 unspecified atom stereocenters. The van der Waals surface area contributed by atoms with Gasteiger partial charge in [0.2, 0.25) is 0 Å². The highest BCUT2D eigenvalue weighted by Crippen LogP contribution is 2.37. The molecule has 0 aliphatic rings. The van der Waals surface area contributed by atoms with Gasteiger partial charge in [0.1, 0.15) is 22.3 Å². The number of thiazole rings is 1. The average molecular weight is 273 g/mol. The van der Waals surface area contributed by atoms with E-state index >= 15 is 0 Å². The Labute approximate surface area is 113 Å². The predicted molar refractivity (Wildman–Crippen MR) is 74.9 cm³/mol. The Morgan fingerprint density at radius 2 is 1.95 bits per heavy atom. The lowest BCUT2D eigenvalue weighted by Crippen LogP contribution is -1.80. The van der Waals surface area contributed by atoms with E-state index in [0.717, 1.165) is 16.0 Å². The van der Waals surface area contributed by atoms with Gasteiger partial charge in [0.15, 0.2) is 0 Å². The third kappa shape index (κ3) is 2.08. The number of hydrogen-bond donors (Lipinski definition) is 2. The monoisotopic (exact) mass is 273 g/mol. The number of nitrogens with zero attached hydrogens (tertiary/aromatic N) is 1. The molecule has 0 amide bonds. The Balaban J connectivity index is 2.17. The third-order valence-electron chi connectivity index (χ3n) is 2.81. The average Bonchev–Trinajstić information content (AvgIpc) is 2.83. The normalized spacial score (nSPS) is 10.8. The highest BCUT2D eigenvalue weighted by molar-refractivity contribution is 7.21. The minimum Gasteiger partial charge on any atom is -0.508 e. The molecule has 0 aliphatic carbocycles. The molecule has 1 aromatic heterocycles. The van der Waals surface area contributed by atoms with Gasteiger partial charge >= 0.3 is 0 Å². The van der Waals surface area contributed by atoms with Crippen molar-refractivity contribution in [1.29, 1.82) is 0 Å². The lowest BCUT2D eigenvalue weighted by Gasteiger charge is -2.00. The van der Waals surface area contributed by atoms with Crippen LogP contribution in [0.1, 0.15) is 0 Å². The van der Waals surface area contributed by atoms with E-state index in [-0.39, 0.29) is 11.5 Å². The first-order chi connectivity index (χ1) is 9.17. The minimum atomic E-state index is 0.101. The lowest BCUT2D eigenvalue weighted by atomic mass is 10.2. The largest absolute Gasteiger partial charge is 0.508 e. The van der Waals surface area contributed by atoms with Crippen LogP contribution in [0, 0.1) is 0 Å². The van der Waals surface area contributed by atoms with E-state index < -0.39 is 0 Å². The molecule has 0 saturated heterocycles. The summed E-state index contributed by atoms with van der Waals surface area (Å²) in [5.74, 6) is 0.969. The van der Waals surface area contributed by atoms with Crippen LogP contribution in [-0.2, 0) is 0 Å². The topological polar surface area (TPSA) is 62.6 Å². The summed E-state index contributed by atoms with van der Waals surface area (Å²) < 4.78 is 6.14. The molecular weight excluding hydrogens is 262 g/mol. The summed E-state index contributed by atoms with van der Waals surface area (Å²) in [4.78, 5) is 4.45. The number of aromatic hydroxyl groups is 2. The molecule has 2 N–H and O–H groups in total. The van der Waals surface area contributed by atoms with Gasteiger partial charge in [-0.1, -0.05) is 0 Å². The number of aromatic nitrogens is 1. The summed E-state index contributed by atoms with van der Waals surface area (Å²) in [7, 11) is 1.62. The summed E-state index contributed by atoms with van der Waals surface area (Å²) in [6, 6.07) is 10.0. The molecule has 0 bridgehead atoms. The smallest absolute Gasteiger partial charge is 0.128 e. The number of phenols is 2. The predicted octanol–water partition coefficient (Wildman–Crippen LogP) is 3.38. The number of phenolic OH excluding ortho intramolecular Hbond substituents is 2.